The molecular formula is C10H12Br3N. The highest BCUT2D eigenvalue weighted by molar-refractivity contribution is 9.13. The van der Waals surface area contributed by atoms with E-state index in [1.54, 1.807) is 0 Å². The van der Waals surface area contributed by atoms with E-state index in [1.165, 1.54) is 5.56 Å². The fraction of sp³-hybridized carbons (Fsp3) is 0.300. The molecule has 0 radical (unpaired) electrons. The minimum Gasteiger partial charge on any atom is -1.00 e. The van der Waals surface area contributed by atoms with Gasteiger partial charge in [-0.2, -0.15) is 4.57 Å². The van der Waals surface area contributed by atoms with Gasteiger partial charge in [0.25, 0.3) is 0 Å². The van der Waals surface area contributed by atoms with Crippen LogP contribution in [0.3, 0.4) is 0 Å². The second-order valence-electron chi connectivity index (χ2n) is 2.72. The van der Waals surface area contributed by atoms with Gasteiger partial charge in [0.2, 0.25) is 0 Å². The number of alkyl halides is 1. The molecule has 1 aromatic heterocycles. The molecular weight excluding hydrogens is 374 g/mol. The number of hydrogen-bond acceptors (Lipinski definition) is 0. The van der Waals surface area contributed by atoms with E-state index in [0.717, 1.165) is 16.2 Å². The molecule has 0 saturated carbocycles. The van der Waals surface area contributed by atoms with Gasteiger partial charge in [-0.3, -0.25) is 0 Å². The smallest absolute Gasteiger partial charge is 0.185 e. The largest absolute Gasteiger partial charge is 1.00 e. The Morgan fingerprint density at radius 1 is 1.43 bits per heavy atom. The molecule has 14 heavy (non-hydrogen) atoms. The number of allylic oxidation sites excluding steroid dienone is 1. The molecule has 0 unspecified atom stereocenters. The van der Waals surface area contributed by atoms with Gasteiger partial charge in [0.15, 0.2) is 18.6 Å². The molecule has 0 aromatic carbocycles. The number of aromatic nitrogens is 1. The number of hydrogen-bond donors (Lipinski definition) is 0. The zero-order chi connectivity index (χ0) is 9.68. The van der Waals surface area contributed by atoms with Crippen LogP contribution in [0, 0.1) is 0 Å². The molecule has 1 rings (SSSR count). The van der Waals surface area contributed by atoms with Crippen molar-refractivity contribution in [2.75, 3.05) is 5.33 Å². The first-order valence-electron chi connectivity index (χ1n) is 4.18. The highest BCUT2D eigenvalue weighted by atomic mass is 79.9. The maximum absolute atomic E-state index is 3.44. The summed E-state index contributed by atoms with van der Waals surface area (Å²) in [4.78, 5) is 0. The van der Waals surface area contributed by atoms with Gasteiger partial charge in [-0.05, 0) is 27.9 Å². The van der Waals surface area contributed by atoms with E-state index in [0.29, 0.717) is 0 Å². The summed E-state index contributed by atoms with van der Waals surface area (Å²) in [6.45, 7) is 2.16. The summed E-state index contributed by atoms with van der Waals surface area (Å²) < 4.78 is 3.16. The first kappa shape index (κ1) is 14.3. The zero-order valence-corrected chi connectivity index (χ0v) is 12.6. The topological polar surface area (TPSA) is 3.88 Å². The third kappa shape index (κ3) is 4.71. The van der Waals surface area contributed by atoms with Gasteiger partial charge in [-0.25, -0.2) is 0 Å². The molecule has 0 atom stereocenters. The molecule has 0 N–H and O–H groups in total. The average Bonchev–Trinajstić information content (AvgIpc) is 2.19. The Balaban J connectivity index is 0.00000169. The van der Waals surface area contributed by atoms with Crippen LogP contribution in [0.25, 0.3) is 6.20 Å². The van der Waals surface area contributed by atoms with Crippen LogP contribution >= 0.6 is 31.9 Å². The highest BCUT2D eigenvalue weighted by Gasteiger charge is 1.98. The molecule has 78 valence electrons. The molecule has 1 nitrogen and oxygen atoms in total. The maximum Gasteiger partial charge on any atom is 0.185 e. The van der Waals surface area contributed by atoms with Crippen LogP contribution in [0.2, 0.25) is 0 Å². The van der Waals surface area contributed by atoms with Crippen molar-refractivity contribution in [3.05, 3.63) is 34.6 Å². The van der Waals surface area contributed by atoms with E-state index in [4.69, 9.17) is 0 Å². The molecule has 0 aliphatic heterocycles. The molecule has 0 aliphatic carbocycles. The Bertz CT molecular complexity index is 293. The lowest BCUT2D eigenvalue weighted by Gasteiger charge is -1.93. The van der Waals surface area contributed by atoms with Crippen LogP contribution < -0.4 is 21.5 Å². The van der Waals surface area contributed by atoms with Gasteiger partial charge in [-0.1, -0.05) is 22.9 Å². The minimum absolute atomic E-state index is 0. The summed E-state index contributed by atoms with van der Waals surface area (Å²) in [5, 5.41) is 0.843. The molecule has 0 saturated heterocycles. The Morgan fingerprint density at radius 3 is 2.43 bits per heavy atom. The van der Waals surface area contributed by atoms with Gasteiger partial charge >= 0.3 is 0 Å². The third-order valence-electron chi connectivity index (χ3n) is 1.75. The summed E-state index contributed by atoms with van der Waals surface area (Å²) in [6.07, 6.45) is 7.24. The predicted octanol–water partition coefficient (Wildman–Crippen LogP) is 0.129. The number of nitrogens with zero attached hydrogens (tertiary/aromatic N) is 1. The first-order chi connectivity index (χ1) is 6.26. The van der Waals surface area contributed by atoms with Gasteiger partial charge in [0, 0.05) is 17.5 Å². The van der Waals surface area contributed by atoms with Gasteiger partial charge < -0.3 is 17.0 Å². The lowest BCUT2D eigenvalue weighted by Crippen LogP contribution is -3.00. The second kappa shape index (κ2) is 7.60. The Kier molecular flexibility index (Phi) is 7.78. The molecule has 1 heterocycles. The quantitative estimate of drug-likeness (QED) is 0.514. The van der Waals surface area contributed by atoms with Crippen molar-refractivity contribution in [2.45, 2.75) is 13.3 Å². The van der Waals surface area contributed by atoms with Crippen LogP contribution in [-0.2, 0) is 6.42 Å². The molecule has 0 spiro atoms. The SMILES string of the molecule is CCc1cc[n+](C=C(Br)CBr)cc1.[Br-]. The van der Waals surface area contributed by atoms with Crippen LogP contribution in [-0.4, -0.2) is 5.33 Å². The predicted molar refractivity (Wildman–Crippen MR) is 63.0 cm³/mol. The third-order valence-corrected chi connectivity index (χ3v) is 3.59. The maximum atomic E-state index is 3.44. The molecule has 0 bridgehead atoms. The van der Waals surface area contributed by atoms with Crippen LogP contribution in [0.4, 0.5) is 0 Å². The average molecular weight is 386 g/mol. The summed E-state index contributed by atoms with van der Waals surface area (Å²) >= 11 is 6.81. The molecule has 4 heteroatoms. The zero-order valence-electron chi connectivity index (χ0n) is 7.88. The van der Waals surface area contributed by atoms with E-state index in [1.807, 2.05) is 10.8 Å². The monoisotopic (exact) mass is 383 g/mol. The molecule has 0 fully saturated rings. The summed E-state index contributed by atoms with van der Waals surface area (Å²) in [6, 6.07) is 4.26. The lowest BCUT2D eigenvalue weighted by atomic mass is 10.2. The van der Waals surface area contributed by atoms with Crippen molar-refractivity contribution >= 4 is 38.1 Å². The van der Waals surface area contributed by atoms with Crippen LogP contribution in [0.5, 0.6) is 0 Å². The van der Waals surface area contributed by atoms with Crippen LogP contribution in [0.1, 0.15) is 12.5 Å². The van der Waals surface area contributed by atoms with E-state index >= 15 is 0 Å². The fourth-order valence-corrected chi connectivity index (χ4v) is 1.37. The van der Waals surface area contributed by atoms with E-state index in [-0.39, 0.29) is 17.0 Å². The normalized spacial score (nSPS) is 10.9. The first-order valence-corrected chi connectivity index (χ1v) is 6.09. The van der Waals surface area contributed by atoms with Crippen molar-refractivity contribution in [3.8, 4) is 0 Å². The number of rotatable bonds is 3. The van der Waals surface area contributed by atoms with Crippen molar-refractivity contribution < 1.29 is 21.5 Å². The molecule has 0 amide bonds. The van der Waals surface area contributed by atoms with Crippen molar-refractivity contribution in [2.24, 2.45) is 0 Å². The Hall–Kier alpha value is 0.330. The standard InChI is InChI=1S/C10H12Br2N.BrH/c1-2-9-3-5-13(6-4-9)8-10(12)7-11;/h3-6,8H,2,7H2,1H3;1H/q+1;/p-1. The fourth-order valence-electron chi connectivity index (χ4n) is 0.987. The number of pyridine rings is 1. The second-order valence-corrected chi connectivity index (χ2v) is 4.30. The number of halogens is 3. The molecule has 0 aliphatic rings. The van der Waals surface area contributed by atoms with Gasteiger partial charge in [-0.15, -0.1) is 0 Å². The number of aryl methyl sites for hydroxylation is 1. The van der Waals surface area contributed by atoms with E-state index in [9.17, 15) is 0 Å². The van der Waals surface area contributed by atoms with Crippen molar-refractivity contribution in [3.63, 3.8) is 0 Å². The summed E-state index contributed by atoms with van der Waals surface area (Å²) in [5.41, 5.74) is 1.36. The van der Waals surface area contributed by atoms with E-state index in [2.05, 4.69) is 63.3 Å². The summed E-state index contributed by atoms with van der Waals surface area (Å²) in [7, 11) is 0. The van der Waals surface area contributed by atoms with E-state index < -0.39 is 0 Å². The highest BCUT2D eigenvalue weighted by Crippen LogP contribution is 2.07. The minimum atomic E-state index is 0. The van der Waals surface area contributed by atoms with Crippen molar-refractivity contribution in [1.82, 2.24) is 0 Å². The van der Waals surface area contributed by atoms with Gasteiger partial charge in [0.05, 0.1) is 4.48 Å². The Morgan fingerprint density at radius 2 is 2.00 bits per heavy atom. The van der Waals surface area contributed by atoms with Crippen LogP contribution in [0.15, 0.2) is 29.0 Å². The molecule has 1 aromatic rings. The Labute approximate surface area is 112 Å². The van der Waals surface area contributed by atoms with Gasteiger partial charge in [0.1, 0.15) is 0 Å². The lowest BCUT2D eigenvalue weighted by molar-refractivity contribution is -0.568. The van der Waals surface area contributed by atoms with Crippen molar-refractivity contribution in [1.29, 1.82) is 0 Å². The summed E-state index contributed by atoms with van der Waals surface area (Å²) in [5.74, 6) is 0.